The summed E-state index contributed by atoms with van der Waals surface area (Å²) in [6.07, 6.45) is 4.06. The maximum Gasteiger partial charge on any atom is 0.200 e. The highest BCUT2D eigenvalue weighted by molar-refractivity contribution is 5.93. The fourth-order valence-electron chi connectivity index (χ4n) is 2.76. The highest BCUT2D eigenvalue weighted by atomic mass is 16.5. The molecule has 0 aliphatic carbocycles. The molecule has 0 aliphatic rings. The van der Waals surface area contributed by atoms with Gasteiger partial charge in [-0.25, -0.2) is 19.9 Å². The summed E-state index contributed by atoms with van der Waals surface area (Å²) >= 11 is 0. The largest absolute Gasteiger partial charge is 0.504 e. The van der Waals surface area contributed by atoms with Gasteiger partial charge in [-0.3, -0.25) is 5.43 Å². The van der Waals surface area contributed by atoms with Crippen LogP contribution in [-0.2, 0) is 0 Å². The Kier molecular flexibility index (Phi) is 5.30. The lowest BCUT2D eigenvalue weighted by molar-refractivity contribution is 0.368. The molecule has 0 fully saturated rings. The first kappa shape index (κ1) is 19.6. The molecule has 0 unspecified atom stereocenters. The van der Waals surface area contributed by atoms with Crippen molar-refractivity contribution in [3.8, 4) is 23.0 Å². The molecule has 0 bridgehead atoms. The van der Waals surface area contributed by atoms with E-state index < -0.39 is 17.2 Å². The fraction of sp³-hybridized carbons (Fsp3) is 0.0500. The van der Waals surface area contributed by atoms with Crippen LogP contribution in [0.25, 0.3) is 11.0 Å². The molecule has 11 heteroatoms. The van der Waals surface area contributed by atoms with Crippen LogP contribution in [0.5, 0.6) is 23.0 Å². The summed E-state index contributed by atoms with van der Waals surface area (Å²) in [6, 6.07) is 9.86. The second-order valence-corrected chi connectivity index (χ2v) is 6.28. The maximum absolute atomic E-state index is 9.58. The quantitative estimate of drug-likeness (QED) is 0.179. The van der Waals surface area contributed by atoms with Gasteiger partial charge in [-0.2, -0.15) is 5.10 Å². The van der Waals surface area contributed by atoms with Gasteiger partial charge in [0.25, 0.3) is 0 Å². The third kappa shape index (κ3) is 4.19. The topological polar surface area (TPSA) is 158 Å². The first-order valence-electron chi connectivity index (χ1n) is 8.96. The van der Waals surface area contributed by atoms with Crippen LogP contribution in [0.15, 0.2) is 54.2 Å². The van der Waals surface area contributed by atoms with Crippen LogP contribution in [0.1, 0.15) is 5.56 Å². The monoisotopic (exact) mass is 419 g/mol. The van der Waals surface area contributed by atoms with E-state index in [0.717, 1.165) is 5.69 Å². The summed E-state index contributed by atoms with van der Waals surface area (Å²) in [5.74, 6) is -0.0313. The van der Waals surface area contributed by atoms with E-state index in [9.17, 15) is 15.3 Å². The van der Waals surface area contributed by atoms with Crippen molar-refractivity contribution in [3.63, 3.8) is 0 Å². The van der Waals surface area contributed by atoms with Crippen molar-refractivity contribution in [2.24, 2.45) is 5.10 Å². The van der Waals surface area contributed by atoms with Crippen molar-refractivity contribution >= 4 is 34.6 Å². The number of hydrogen-bond donors (Lipinski definition) is 5. The van der Waals surface area contributed by atoms with E-state index in [1.807, 2.05) is 24.3 Å². The van der Waals surface area contributed by atoms with Gasteiger partial charge in [-0.15, -0.1) is 0 Å². The number of phenols is 3. The number of benzene rings is 2. The molecule has 0 amide bonds. The van der Waals surface area contributed by atoms with Crippen molar-refractivity contribution in [3.05, 3.63) is 54.6 Å². The molecule has 11 nitrogen and oxygen atoms in total. The molecule has 2 heterocycles. The second-order valence-electron chi connectivity index (χ2n) is 6.28. The Bertz CT molecular complexity index is 1260. The molecule has 0 spiro atoms. The summed E-state index contributed by atoms with van der Waals surface area (Å²) in [7, 11) is 1.59. The van der Waals surface area contributed by atoms with Crippen LogP contribution >= 0.6 is 0 Å². The molecule has 2 aromatic heterocycles. The van der Waals surface area contributed by atoms with E-state index in [1.54, 1.807) is 7.11 Å². The number of hydrogen-bond acceptors (Lipinski definition) is 11. The minimum absolute atomic E-state index is 0.324. The van der Waals surface area contributed by atoms with Crippen molar-refractivity contribution in [2.75, 3.05) is 17.9 Å². The van der Waals surface area contributed by atoms with Gasteiger partial charge in [0.05, 0.1) is 13.3 Å². The first-order valence-corrected chi connectivity index (χ1v) is 8.96. The SMILES string of the molecule is COc1cccc(Nc2ncnc3c(N/N=C/c4cc(O)c(O)c(O)c4)ncnc23)c1. The smallest absolute Gasteiger partial charge is 0.200 e. The summed E-state index contributed by atoms with van der Waals surface area (Å²) in [5.41, 5.74) is 4.77. The number of anilines is 3. The maximum atomic E-state index is 9.58. The fourth-order valence-corrected chi connectivity index (χ4v) is 2.76. The highest BCUT2D eigenvalue weighted by Crippen LogP contribution is 2.34. The Morgan fingerprint density at radius 2 is 1.58 bits per heavy atom. The van der Waals surface area contributed by atoms with Crippen LogP contribution in [0, 0.1) is 0 Å². The second kappa shape index (κ2) is 8.37. The molecule has 156 valence electrons. The third-order valence-electron chi connectivity index (χ3n) is 4.23. The molecule has 0 aliphatic heterocycles. The minimum Gasteiger partial charge on any atom is -0.504 e. The minimum atomic E-state index is -0.598. The van der Waals surface area contributed by atoms with Gasteiger partial charge in [-0.05, 0) is 24.3 Å². The lowest BCUT2D eigenvalue weighted by atomic mass is 10.2. The van der Waals surface area contributed by atoms with Crippen LogP contribution in [0.2, 0.25) is 0 Å². The van der Waals surface area contributed by atoms with Gasteiger partial charge in [0, 0.05) is 17.3 Å². The molecule has 4 aromatic rings. The van der Waals surface area contributed by atoms with Crippen molar-refractivity contribution in [1.82, 2.24) is 19.9 Å². The molecule has 4 rings (SSSR count). The lowest BCUT2D eigenvalue weighted by Crippen LogP contribution is -2.02. The van der Waals surface area contributed by atoms with Crippen LogP contribution in [0.3, 0.4) is 0 Å². The van der Waals surface area contributed by atoms with E-state index >= 15 is 0 Å². The summed E-state index contributed by atoms with van der Waals surface area (Å²) in [6.45, 7) is 0. The zero-order chi connectivity index (χ0) is 21.8. The number of hydrazone groups is 1. The van der Waals surface area contributed by atoms with Crippen LogP contribution in [0.4, 0.5) is 17.3 Å². The number of nitrogens with zero attached hydrogens (tertiary/aromatic N) is 5. The van der Waals surface area contributed by atoms with Gasteiger partial charge in [0.2, 0.25) is 0 Å². The Hall–Kier alpha value is -4.67. The van der Waals surface area contributed by atoms with Gasteiger partial charge in [0.15, 0.2) is 28.9 Å². The molecular weight excluding hydrogens is 402 g/mol. The number of aromatic nitrogens is 4. The van der Waals surface area contributed by atoms with Crippen LogP contribution < -0.4 is 15.5 Å². The van der Waals surface area contributed by atoms with Gasteiger partial charge < -0.3 is 25.4 Å². The Morgan fingerprint density at radius 3 is 2.29 bits per heavy atom. The lowest BCUT2D eigenvalue weighted by Gasteiger charge is -2.10. The third-order valence-corrected chi connectivity index (χ3v) is 4.23. The number of phenolic OH excluding ortho intramolecular Hbond substituents is 3. The van der Waals surface area contributed by atoms with E-state index in [2.05, 4.69) is 35.8 Å². The van der Waals surface area contributed by atoms with Gasteiger partial charge in [0.1, 0.15) is 29.4 Å². The predicted molar refractivity (Wildman–Crippen MR) is 114 cm³/mol. The normalized spacial score (nSPS) is 11.0. The van der Waals surface area contributed by atoms with Gasteiger partial charge >= 0.3 is 0 Å². The number of rotatable bonds is 6. The predicted octanol–water partition coefficient (Wildman–Crippen LogP) is 2.73. The summed E-state index contributed by atoms with van der Waals surface area (Å²) in [5, 5.41) is 35.8. The van der Waals surface area contributed by atoms with Crippen molar-refractivity contribution in [2.45, 2.75) is 0 Å². The zero-order valence-corrected chi connectivity index (χ0v) is 16.2. The first-order chi connectivity index (χ1) is 15.0. The molecule has 2 aromatic carbocycles. The Morgan fingerprint density at radius 1 is 0.903 bits per heavy atom. The molecule has 31 heavy (non-hydrogen) atoms. The summed E-state index contributed by atoms with van der Waals surface area (Å²) in [4.78, 5) is 16.9. The number of ether oxygens (including phenoxy) is 1. The zero-order valence-electron chi connectivity index (χ0n) is 16.2. The molecule has 5 N–H and O–H groups in total. The number of methoxy groups -OCH3 is 1. The Labute approximate surface area is 175 Å². The average Bonchev–Trinajstić information content (AvgIpc) is 2.78. The molecule has 0 radical (unpaired) electrons. The molecule has 0 saturated heterocycles. The Balaban J connectivity index is 1.60. The van der Waals surface area contributed by atoms with Crippen molar-refractivity contribution < 1.29 is 20.1 Å². The molecular formula is C20H17N7O4. The standard InChI is InChI=1S/C20H17N7O4/c1-31-13-4-2-3-12(7-13)26-19-16-17(22-9-23-19)20(24-10-21-16)27-25-8-11-5-14(28)18(30)15(29)6-11/h2-10,28-30H,1H3,(H,21,24,27)(H,22,23,26)/b25-8+. The number of nitrogens with one attached hydrogen (secondary N) is 2. The van der Waals surface area contributed by atoms with Crippen molar-refractivity contribution in [1.29, 1.82) is 0 Å². The number of aromatic hydroxyl groups is 3. The molecule has 0 atom stereocenters. The van der Waals surface area contributed by atoms with Crippen LogP contribution in [-0.4, -0.2) is 48.6 Å². The number of fused-ring (bicyclic) bond motifs is 1. The van der Waals surface area contributed by atoms with Gasteiger partial charge in [-0.1, -0.05) is 6.07 Å². The van der Waals surface area contributed by atoms with E-state index in [1.165, 1.54) is 31.0 Å². The van der Waals surface area contributed by atoms with E-state index in [0.29, 0.717) is 34.0 Å². The molecule has 0 saturated carbocycles. The van der Waals surface area contributed by atoms with E-state index in [4.69, 9.17) is 4.74 Å². The van der Waals surface area contributed by atoms with E-state index in [-0.39, 0.29) is 0 Å². The average molecular weight is 419 g/mol. The summed E-state index contributed by atoms with van der Waals surface area (Å²) < 4.78 is 5.23. The highest BCUT2D eigenvalue weighted by Gasteiger charge is 2.11.